The molecule has 0 amide bonds. The Bertz CT molecular complexity index is 803. The minimum Gasteiger partial charge on any atom is -0.373 e. The van der Waals surface area contributed by atoms with Gasteiger partial charge in [0.15, 0.2) is 0 Å². The molecule has 3 aromatic heterocycles. The predicted octanol–water partition coefficient (Wildman–Crippen LogP) is 1.82. The third-order valence-electron chi connectivity index (χ3n) is 4.04. The molecule has 1 aliphatic heterocycles. The second kappa shape index (κ2) is 5.61. The molecular formula is C15H20N6OS. The lowest BCUT2D eigenvalue weighted by molar-refractivity contribution is 0.0269. The standard InChI is InChI=1S/C15H20N6OS/c1-10-6-12(3)20(17-10)9-13-8-19(4-5-22-13)15-18-21-7-11(2)16-14(21)23-15/h6-7,13H,4-5,8-9H2,1-3H3/t13-/m1/s1. The van der Waals surface area contributed by atoms with E-state index in [-0.39, 0.29) is 6.10 Å². The highest BCUT2D eigenvalue weighted by Gasteiger charge is 2.24. The summed E-state index contributed by atoms with van der Waals surface area (Å²) in [5.74, 6) is 0. The van der Waals surface area contributed by atoms with Crippen LogP contribution in [-0.4, -0.2) is 50.2 Å². The van der Waals surface area contributed by atoms with Crippen LogP contribution in [0.1, 0.15) is 17.1 Å². The molecule has 0 saturated carbocycles. The number of imidazole rings is 1. The Hall–Kier alpha value is -1.93. The van der Waals surface area contributed by atoms with Crippen LogP contribution in [0.3, 0.4) is 0 Å². The molecule has 3 aromatic rings. The fraction of sp³-hybridized carbons (Fsp3) is 0.533. The van der Waals surface area contributed by atoms with Crippen LogP contribution in [0.4, 0.5) is 5.13 Å². The molecule has 4 heterocycles. The number of morpholine rings is 1. The highest BCUT2D eigenvalue weighted by atomic mass is 32.1. The van der Waals surface area contributed by atoms with Crippen LogP contribution in [0.5, 0.6) is 0 Å². The monoisotopic (exact) mass is 332 g/mol. The maximum atomic E-state index is 5.92. The molecule has 0 N–H and O–H groups in total. The summed E-state index contributed by atoms with van der Waals surface area (Å²) in [6.45, 7) is 9.27. The Labute approximate surface area is 138 Å². The fourth-order valence-corrected chi connectivity index (χ4v) is 3.95. The third kappa shape index (κ3) is 2.84. The maximum absolute atomic E-state index is 5.92. The van der Waals surface area contributed by atoms with Gasteiger partial charge in [-0.15, -0.1) is 5.10 Å². The van der Waals surface area contributed by atoms with Gasteiger partial charge in [0.25, 0.3) is 0 Å². The van der Waals surface area contributed by atoms with Crippen LogP contribution in [0.15, 0.2) is 12.3 Å². The lowest BCUT2D eigenvalue weighted by Crippen LogP contribution is -2.44. The predicted molar refractivity (Wildman–Crippen MR) is 89.3 cm³/mol. The molecule has 1 atom stereocenters. The van der Waals surface area contributed by atoms with E-state index in [0.29, 0.717) is 6.61 Å². The van der Waals surface area contributed by atoms with Gasteiger partial charge in [-0.3, -0.25) is 4.68 Å². The Morgan fingerprint density at radius 3 is 2.87 bits per heavy atom. The molecule has 7 nitrogen and oxygen atoms in total. The van der Waals surface area contributed by atoms with Crippen LogP contribution in [-0.2, 0) is 11.3 Å². The minimum atomic E-state index is 0.125. The first kappa shape index (κ1) is 14.6. The summed E-state index contributed by atoms with van der Waals surface area (Å²) in [5, 5.41) is 10.2. The summed E-state index contributed by atoms with van der Waals surface area (Å²) in [6.07, 6.45) is 2.09. The summed E-state index contributed by atoms with van der Waals surface area (Å²) >= 11 is 1.63. The zero-order chi connectivity index (χ0) is 16.0. The average Bonchev–Trinajstić information content (AvgIpc) is 3.12. The van der Waals surface area contributed by atoms with Gasteiger partial charge in [-0.2, -0.15) is 5.10 Å². The summed E-state index contributed by atoms with van der Waals surface area (Å²) < 4.78 is 9.82. The molecule has 0 unspecified atom stereocenters. The third-order valence-corrected chi connectivity index (χ3v) is 5.03. The van der Waals surface area contributed by atoms with Crippen molar-refractivity contribution in [2.24, 2.45) is 0 Å². The number of fused-ring (bicyclic) bond motifs is 1. The van der Waals surface area contributed by atoms with Crippen molar-refractivity contribution in [1.29, 1.82) is 0 Å². The lowest BCUT2D eigenvalue weighted by Gasteiger charge is -2.32. The largest absolute Gasteiger partial charge is 0.373 e. The number of anilines is 1. The molecule has 1 fully saturated rings. The molecule has 0 aliphatic carbocycles. The highest BCUT2D eigenvalue weighted by Crippen LogP contribution is 2.25. The fourth-order valence-electron chi connectivity index (χ4n) is 2.98. The van der Waals surface area contributed by atoms with Crippen molar-refractivity contribution in [2.45, 2.75) is 33.4 Å². The van der Waals surface area contributed by atoms with E-state index in [1.165, 1.54) is 5.69 Å². The van der Waals surface area contributed by atoms with E-state index in [2.05, 4.69) is 33.1 Å². The zero-order valence-electron chi connectivity index (χ0n) is 13.6. The second-order valence-electron chi connectivity index (χ2n) is 6.04. The van der Waals surface area contributed by atoms with E-state index in [1.807, 2.05) is 29.2 Å². The van der Waals surface area contributed by atoms with Crippen molar-refractivity contribution >= 4 is 21.4 Å². The van der Waals surface area contributed by atoms with Crippen LogP contribution in [0.2, 0.25) is 0 Å². The van der Waals surface area contributed by atoms with Gasteiger partial charge < -0.3 is 9.64 Å². The smallest absolute Gasteiger partial charge is 0.214 e. The zero-order valence-corrected chi connectivity index (χ0v) is 14.4. The minimum absolute atomic E-state index is 0.125. The maximum Gasteiger partial charge on any atom is 0.214 e. The quantitative estimate of drug-likeness (QED) is 0.732. The molecule has 0 spiro atoms. The molecule has 1 saturated heterocycles. The van der Waals surface area contributed by atoms with E-state index >= 15 is 0 Å². The van der Waals surface area contributed by atoms with E-state index in [0.717, 1.165) is 41.1 Å². The average molecular weight is 332 g/mol. The van der Waals surface area contributed by atoms with Crippen LogP contribution < -0.4 is 4.90 Å². The van der Waals surface area contributed by atoms with Gasteiger partial charge in [-0.25, -0.2) is 9.50 Å². The first-order valence-corrected chi connectivity index (χ1v) is 8.60. The van der Waals surface area contributed by atoms with Gasteiger partial charge in [0, 0.05) is 18.8 Å². The molecule has 0 aromatic carbocycles. The molecule has 1 aliphatic rings. The van der Waals surface area contributed by atoms with Gasteiger partial charge in [0.05, 0.1) is 36.8 Å². The normalized spacial score (nSPS) is 18.9. The van der Waals surface area contributed by atoms with Crippen molar-refractivity contribution in [3.63, 3.8) is 0 Å². The van der Waals surface area contributed by atoms with Gasteiger partial charge in [0.2, 0.25) is 10.1 Å². The number of hydrogen-bond donors (Lipinski definition) is 0. The summed E-state index contributed by atoms with van der Waals surface area (Å²) in [4.78, 5) is 7.71. The highest BCUT2D eigenvalue weighted by molar-refractivity contribution is 7.20. The summed E-state index contributed by atoms with van der Waals surface area (Å²) in [5.41, 5.74) is 3.22. The van der Waals surface area contributed by atoms with E-state index in [1.54, 1.807) is 11.3 Å². The number of rotatable bonds is 3. The Balaban J connectivity index is 1.49. The Morgan fingerprint density at radius 1 is 1.26 bits per heavy atom. The molecule has 4 rings (SSSR count). The van der Waals surface area contributed by atoms with E-state index in [9.17, 15) is 0 Å². The Morgan fingerprint density at radius 2 is 2.13 bits per heavy atom. The van der Waals surface area contributed by atoms with E-state index < -0.39 is 0 Å². The number of aryl methyl sites for hydroxylation is 3. The van der Waals surface area contributed by atoms with Crippen molar-refractivity contribution in [3.05, 3.63) is 29.3 Å². The SMILES string of the molecule is Cc1cn2nc(N3CCO[C@@H](Cn4nc(C)cc4C)C3)sc2n1. The first-order chi connectivity index (χ1) is 11.1. The summed E-state index contributed by atoms with van der Waals surface area (Å²) in [7, 11) is 0. The lowest BCUT2D eigenvalue weighted by atomic mass is 10.3. The number of hydrogen-bond acceptors (Lipinski definition) is 6. The van der Waals surface area contributed by atoms with Gasteiger partial charge in [0.1, 0.15) is 0 Å². The molecule has 0 bridgehead atoms. The molecule has 23 heavy (non-hydrogen) atoms. The molecule has 0 radical (unpaired) electrons. The van der Waals surface area contributed by atoms with Crippen molar-refractivity contribution in [3.8, 4) is 0 Å². The second-order valence-corrected chi connectivity index (χ2v) is 6.98. The number of ether oxygens (including phenoxy) is 1. The van der Waals surface area contributed by atoms with Crippen molar-refractivity contribution in [1.82, 2.24) is 24.4 Å². The summed E-state index contributed by atoms with van der Waals surface area (Å²) in [6, 6.07) is 2.10. The van der Waals surface area contributed by atoms with Crippen LogP contribution in [0, 0.1) is 20.8 Å². The molecule has 122 valence electrons. The topological polar surface area (TPSA) is 60.5 Å². The van der Waals surface area contributed by atoms with Crippen molar-refractivity contribution in [2.75, 3.05) is 24.6 Å². The number of aromatic nitrogens is 5. The van der Waals surface area contributed by atoms with E-state index in [4.69, 9.17) is 4.74 Å². The van der Waals surface area contributed by atoms with Crippen molar-refractivity contribution < 1.29 is 4.74 Å². The van der Waals surface area contributed by atoms with Gasteiger partial charge >= 0.3 is 0 Å². The van der Waals surface area contributed by atoms with Gasteiger partial charge in [-0.05, 0) is 26.8 Å². The van der Waals surface area contributed by atoms with Crippen LogP contribution >= 0.6 is 11.3 Å². The van der Waals surface area contributed by atoms with Crippen LogP contribution in [0.25, 0.3) is 4.96 Å². The molecular weight excluding hydrogens is 312 g/mol. The van der Waals surface area contributed by atoms with Gasteiger partial charge in [-0.1, -0.05) is 11.3 Å². The number of nitrogens with zero attached hydrogens (tertiary/aromatic N) is 6. The first-order valence-electron chi connectivity index (χ1n) is 7.79. The Kier molecular flexibility index (Phi) is 3.57. The molecule has 8 heteroatoms.